The van der Waals surface area contributed by atoms with Crippen molar-refractivity contribution in [2.75, 3.05) is 0 Å². The molecular weight excluding hydrogens is 206 g/mol. The summed E-state index contributed by atoms with van der Waals surface area (Å²) in [6, 6.07) is 6.52. The summed E-state index contributed by atoms with van der Waals surface area (Å²) < 4.78 is 0. The molecule has 0 unspecified atom stereocenters. The highest BCUT2D eigenvalue weighted by molar-refractivity contribution is 5.99. The molecule has 0 aromatic heterocycles. The minimum absolute atomic E-state index is 0.202. The van der Waals surface area contributed by atoms with Crippen LogP contribution in [-0.4, -0.2) is 10.2 Å². The molecule has 0 radical (unpaired) electrons. The molecule has 5 heteroatoms. The molecule has 5 nitrogen and oxygen atoms in total. The molecule has 0 spiro atoms. The van der Waals surface area contributed by atoms with Gasteiger partial charge in [0.2, 0.25) is 0 Å². The molecule has 0 aliphatic heterocycles. The second-order valence-electron chi connectivity index (χ2n) is 3.50. The Morgan fingerprint density at radius 2 is 1.94 bits per heavy atom. The molecule has 0 heterocycles. The van der Waals surface area contributed by atoms with Gasteiger partial charge in [-0.25, -0.2) is 0 Å². The van der Waals surface area contributed by atoms with Crippen LogP contribution in [0, 0.1) is 6.92 Å². The predicted octanol–water partition coefficient (Wildman–Crippen LogP) is 3.50. The molecule has 0 fully saturated rings. The monoisotopic (exact) mass is 215 g/mol. The van der Waals surface area contributed by atoms with Gasteiger partial charge in [0, 0.05) is 16.0 Å². The molecular formula is C11H9N3O2. The van der Waals surface area contributed by atoms with E-state index in [2.05, 4.69) is 10.0 Å². The fraction of sp³-hybridized carbons (Fsp3) is 0.0909. The number of nitrogens with zero attached hydrogens (tertiary/aromatic N) is 3. The van der Waals surface area contributed by atoms with E-state index in [-0.39, 0.29) is 11.5 Å². The maximum absolute atomic E-state index is 9.66. The fourth-order valence-corrected chi connectivity index (χ4v) is 1.62. The Hall–Kier alpha value is -2.39. The molecule has 0 atom stereocenters. The maximum Gasteiger partial charge on any atom is 0.165 e. The Morgan fingerprint density at radius 3 is 2.62 bits per heavy atom. The number of phenols is 2. The number of fused-ring (bicyclic) bond motifs is 1. The Balaban J connectivity index is 2.95. The zero-order valence-electron chi connectivity index (χ0n) is 8.55. The number of azide groups is 1. The third-order valence-corrected chi connectivity index (χ3v) is 2.37. The van der Waals surface area contributed by atoms with Crippen LogP contribution < -0.4 is 0 Å². The normalized spacial score (nSPS) is 10.1. The average Bonchev–Trinajstić information content (AvgIpc) is 2.26. The SMILES string of the molecule is Cc1ccc2c(O)c(O)cc(N=[N+]=[N-])c2c1. The highest BCUT2D eigenvalue weighted by atomic mass is 16.3. The highest BCUT2D eigenvalue weighted by Crippen LogP contribution is 2.40. The van der Waals surface area contributed by atoms with E-state index in [0.717, 1.165) is 5.56 Å². The molecule has 0 aliphatic rings. The van der Waals surface area contributed by atoms with E-state index in [4.69, 9.17) is 5.53 Å². The van der Waals surface area contributed by atoms with Gasteiger partial charge in [0.1, 0.15) is 0 Å². The van der Waals surface area contributed by atoms with Crippen molar-refractivity contribution in [2.24, 2.45) is 5.11 Å². The van der Waals surface area contributed by atoms with Gasteiger partial charge < -0.3 is 10.2 Å². The molecule has 0 saturated heterocycles. The van der Waals surface area contributed by atoms with Gasteiger partial charge in [0.25, 0.3) is 0 Å². The minimum Gasteiger partial charge on any atom is -0.504 e. The lowest BCUT2D eigenvalue weighted by atomic mass is 10.0. The second kappa shape index (κ2) is 3.64. The van der Waals surface area contributed by atoms with Crippen molar-refractivity contribution < 1.29 is 10.2 Å². The first-order valence-electron chi connectivity index (χ1n) is 4.64. The number of aryl methyl sites for hydroxylation is 1. The van der Waals surface area contributed by atoms with Gasteiger partial charge in [-0.15, -0.1) is 0 Å². The van der Waals surface area contributed by atoms with Crippen molar-refractivity contribution in [3.8, 4) is 11.5 Å². The van der Waals surface area contributed by atoms with Crippen LogP contribution in [0.1, 0.15) is 5.56 Å². The van der Waals surface area contributed by atoms with E-state index in [0.29, 0.717) is 16.5 Å². The molecule has 0 amide bonds. The van der Waals surface area contributed by atoms with Crippen molar-refractivity contribution in [3.63, 3.8) is 0 Å². The predicted molar refractivity (Wildman–Crippen MR) is 60.8 cm³/mol. The van der Waals surface area contributed by atoms with Gasteiger partial charge in [0.05, 0.1) is 0 Å². The van der Waals surface area contributed by atoms with E-state index in [1.54, 1.807) is 18.2 Å². The molecule has 0 bridgehead atoms. The molecule has 2 rings (SSSR count). The van der Waals surface area contributed by atoms with Crippen LogP contribution in [0.25, 0.3) is 21.2 Å². The van der Waals surface area contributed by atoms with E-state index < -0.39 is 0 Å². The van der Waals surface area contributed by atoms with Crippen LogP contribution in [0.4, 0.5) is 5.69 Å². The first-order chi connectivity index (χ1) is 7.63. The quantitative estimate of drug-likeness (QED) is 0.330. The van der Waals surface area contributed by atoms with E-state index >= 15 is 0 Å². The average molecular weight is 215 g/mol. The lowest BCUT2D eigenvalue weighted by molar-refractivity contribution is 0.408. The van der Waals surface area contributed by atoms with Crippen LogP contribution in [0.15, 0.2) is 29.4 Å². The maximum atomic E-state index is 9.66. The Labute approximate surface area is 91.2 Å². The number of aromatic hydroxyl groups is 2. The number of hydrogen-bond acceptors (Lipinski definition) is 3. The van der Waals surface area contributed by atoms with E-state index in [9.17, 15) is 10.2 Å². The summed E-state index contributed by atoms with van der Waals surface area (Å²) >= 11 is 0. The minimum atomic E-state index is -0.293. The van der Waals surface area contributed by atoms with E-state index in [1.165, 1.54) is 6.07 Å². The molecule has 2 aromatic rings. The number of phenolic OH excluding ortho intramolecular Hbond substituents is 2. The summed E-state index contributed by atoms with van der Waals surface area (Å²) in [4.78, 5) is 2.69. The van der Waals surface area contributed by atoms with Gasteiger partial charge in [0.15, 0.2) is 11.5 Å². The van der Waals surface area contributed by atoms with Gasteiger partial charge in [-0.2, -0.15) is 0 Å². The van der Waals surface area contributed by atoms with Gasteiger partial charge >= 0.3 is 0 Å². The third kappa shape index (κ3) is 1.49. The first kappa shape index (κ1) is 10.1. The summed E-state index contributed by atoms with van der Waals surface area (Å²) in [5, 5.41) is 23.7. The van der Waals surface area contributed by atoms with Gasteiger partial charge in [-0.05, 0) is 23.9 Å². The third-order valence-electron chi connectivity index (χ3n) is 2.37. The van der Waals surface area contributed by atoms with Crippen molar-refractivity contribution in [1.82, 2.24) is 0 Å². The van der Waals surface area contributed by atoms with Crippen LogP contribution in [0.2, 0.25) is 0 Å². The van der Waals surface area contributed by atoms with Crippen molar-refractivity contribution in [2.45, 2.75) is 6.92 Å². The number of rotatable bonds is 1. The van der Waals surface area contributed by atoms with Crippen LogP contribution in [0.3, 0.4) is 0 Å². The summed E-state index contributed by atoms with van der Waals surface area (Å²) in [6.45, 7) is 1.89. The van der Waals surface area contributed by atoms with Gasteiger partial charge in [-0.1, -0.05) is 28.9 Å². The smallest absolute Gasteiger partial charge is 0.165 e. The van der Waals surface area contributed by atoms with Crippen molar-refractivity contribution in [1.29, 1.82) is 0 Å². The fourth-order valence-electron chi connectivity index (χ4n) is 1.62. The van der Waals surface area contributed by atoms with Crippen LogP contribution in [-0.2, 0) is 0 Å². The summed E-state index contributed by atoms with van der Waals surface area (Å²) in [6.07, 6.45) is 0. The first-order valence-corrected chi connectivity index (χ1v) is 4.64. The zero-order chi connectivity index (χ0) is 11.7. The standard InChI is InChI=1S/C11H9N3O2/c1-6-2-3-7-8(4-6)9(13-14-12)5-10(15)11(7)16/h2-5,15-16H,1H3. The Bertz CT molecular complexity index is 616. The molecule has 2 aromatic carbocycles. The second-order valence-corrected chi connectivity index (χ2v) is 3.50. The van der Waals surface area contributed by atoms with Crippen molar-refractivity contribution in [3.05, 3.63) is 40.3 Å². The lowest BCUT2D eigenvalue weighted by Crippen LogP contribution is -1.79. The molecule has 80 valence electrons. The largest absolute Gasteiger partial charge is 0.504 e. The zero-order valence-corrected chi connectivity index (χ0v) is 8.55. The topological polar surface area (TPSA) is 89.2 Å². The lowest BCUT2D eigenvalue weighted by Gasteiger charge is -2.07. The summed E-state index contributed by atoms with van der Waals surface area (Å²) in [5.41, 5.74) is 9.70. The molecule has 0 aliphatic carbocycles. The summed E-state index contributed by atoms with van der Waals surface area (Å²) in [7, 11) is 0. The summed E-state index contributed by atoms with van der Waals surface area (Å²) in [5.74, 6) is -0.495. The Morgan fingerprint density at radius 1 is 1.19 bits per heavy atom. The van der Waals surface area contributed by atoms with Gasteiger partial charge in [-0.3, -0.25) is 0 Å². The molecule has 0 saturated carbocycles. The molecule has 2 N–H and O–H groups in total. The Kier molecular flexibility index (Phi) is 2.31. The highest BCUT2D eigenvalue weighted by Gasteiger charge is 2.09. The van der Waals surface area contributed by atoms with Crippen molar-refractivity contribution >= 4 is 16.5 Å². The van der Waals surface area contributed by atoms with Crippen LogP contribution >= 0.6 is 0 Å². The molecule has 16 heavy (non-hydrogen) atoms. The number of benzene rings is 2. The van der Waals surface area contributed by atoms with E-state index in [1.807, 2.05) is 6.92 Å². The van der Waals surface area contributed by atoms with Crippen LogP contribution in [0.5, 0.6) is 11.5 Å². The number of hydrogen-bond donors (Lipinski definition) is 2.